The van der Waals surface area contributed by atoms with Gasteiger partial charge in [-0.2, -0.15) is 0 Å². The summed E-state index contributed by atoms with van der Waals surface area (Å²) in [5.41, 5.74) is 2.48. The molecular weight excluding hydrogens is 314 g/mol. The van der Waals surface area contributed by atoms with Crippen LogP contribution in [0.15, 0.2) is 24.3 Å². The second kappa shape index (κ2) is 10.4. The fourth-order valence-electron chi connectivity index (χ4n) is 3.27. The summed E-state index contributed by atoms with van der Waals surface area (Å²) in [5, 5.41) is 14.7. The zero-order valence-electron chi connectivity index (χ0n) is 15.6. The van der Waals surface area contributed by atoms with Crippen LogP contribution >= 0.6 is 0 Å². The van der Waals surface area contributed by atoms with Crippen molar-refractivity contribution in [1.82, 2.24) is 15.5 Å². The lowest BCUT2D eigenvalue weighted by Gasteiger charge is -2.30. The van der Waals surface area contributed by atoms with Crippen molar-refractivity contribution in [3.8, 4) is 0 Å². The van der Waals surface area contributed by atoms with E-state index in [1.54, 1.807) is 0 Å². The SMILES string of the molecule is CC1CCN(Cc2ccccc2CNC(=O)NC(C)CCCO)CC1. The lowest BCUT2D eigenvalue weighted by molar-refractivity contribution is 0.185. The Kier molecular flexibility index (Phi) is 8.22. The summed E-state index contributed by atoms with van der Waals surface area (Å²) in [4.78, 5) is 14.5. The number of likely N-dealkylation sites (tertiary alicyclic amines) is 1. The third kappa shape index (κ3) is 7.04. The highest BCUT2D eigenvalue weighted by atomic mass is 16.3. The van der Waals surface area contributed by atoms with Gasteiger partial charge in [-0.15, -0.1) is 0 Å². The number of nitrogens with one attached hydrogen (secondary N) is 2. The Labute approximate surface area is 151 Å². The van der Waals surface area contributed by atoms with Crippen molar-refractivity contribution in [1.29, 1.82) is 0 Å². The average Bonchev–Trinajstić information content (AvgIpc) is 2.61. The molecule has 1 aliphatic rings. The van der Waals surface area contributed by atoms with E-state index in [1.807, 2.05) is 13.0 Å². The van der Waals surface area contributed by atoms with Crippen LogP contribution in [0, 0.1) is 5.92 Å². The predicted octanol–water partition coefficient (Wildman–Crippen LogP) is 2.88. The first-order chi connectivity index (χ1) is 12.1. The Morgan fingerprint density at radius 2 is 1.96 bits per heavy atom. The minimum absolute atomic E-state index is 0.0673. The maximum atomic E-state index is 12.0. The molecule has 2 amide bonds. The quantitative estimate of drug-likeness (QED) is 0.677. The van der Waals surface area contributed by atoms with Gasteiger partial charge in [-0.3, -0.25) is 4.90 Å². The molecule has 1 saturated heterocycles. The topological polar surface area (TPSA) is 64.6 Å². The summed E-state index contributed by atoms with van der Waals surface area (Å²) < 4.78 is 0. The van der Waals surface area contributed by atoms with Crippen LogP contribution in [0.25, 0.3) is 0 Å². The van der Waals surface area contributed by atoms with E-state index < -0.39 is 0 Å². The van der Waals surface area contributed by atoms with Crippen molar-refractivity contribution in [2.45, 2.75) is 58.7 Å². The van der Waals surface area contributed by atoms with E-state index in [0.717, 1.165) is 32.0 Å². The molecule has 0 saturated carbocycles. The minimum atomic E-state index is -0.146. The van der Waals surface area contributed by atoms with E-state index in [0.29, 0.717) is 13.0 Å². The molecule has 25 heavy (non-hydrogen) atoms. The van der Waals surface area contributed by atoms with E-state index in [1.165, 1.54) is 24.0 Å². The summed E-state index contributed by atoms with van der Waals surface area (Å²) in [6, 6.07) is 8.28. The van der Waals surface area contributed by atoms with Crippen LogP contribution in [0.5, 0.6) is 0 Å². The smallest absolute Gasteiger partial charge is 0.315 e. The maximum absolute atomic E-state index is 12.0. The Bertz CT molecular complexity index is 527. The molecule has 0 bridgehead atoms. The molecule has 1 atom stereocenters. The zero-order valence-corrected chi connectivity index (χ0v) is 15.6. The van der Waals surface area contributed by atoms with Gasteiger partial charge in [-0.05, 0) is 62.7 Å². The standard InChI is InChI=1S/C20H33N3O2/c1-16-9-11-23(12-10-16)15-19-8-4-3-7-18(19)14-21-20(25)22-17(2)6-5-13-24/h3-4,7-8,16-17,24H,5-6,9-15H2,1-2H3,(H2,21,22,25). The zero-order chi connectivity index (χ0) is 18.1. The van der Waals surface area contributed by atoms with Crippen molar-refractivity contribution in [3.05, 3.63) is 35.4 Å². The third-order valence-electron chi connectivity index (χ3n) is 5.00. The molecule has 1 heterocycles. The van der Waals surface area contributed by atoms with Gasteiger partial charge in [0.05, 0.1) is 0 Å². The first-order valence-electron chi connectivity index (χ1n) is 9.53. The highest BCUT2D eigenvalue weighted by Crippen LogP contribution is 2.19. The number of rotatable bonds is 8. The largest absolute Gasteiger partial charge is 0.396 e. The van der Waals surface area contributed by atoms with E-state index in [4.69, 9.17) is 5.11 Å². The summed E-state index contributed by atoms with van der Waals surface area (Å²) in [6.45, 7) is 8.27. The number of amides is 2. The molecule has 5 heteroatoms. The molecule has 0 aromatic heterocycles. The van der Waals surface area contributed by atoms with Crippen LogP contribution in [0.4, 0.5) is 4.79 Å². The van der Waals surface area contributed by atoms with Crippen LogP contribution in [0.3, 0.4) is 0 Å². The lowest BCUT2D eigenvalue weighted by atomic mass is 9.98. The van der Waals surface area contributed by atoms with E-state index in [9.17, 15) is 4.79 Å². The van der Waals surface area contributed by atoms with Crippen molar-refractivity contribution >= 4 is 6.03 Å². The van der Waals surface area contributed by atoms with Gasteiger partial charge < -0.3 is 15.7 Å². The van der Waals surface area contributed by atoms with Crippen molar-refractivity contribution in [2.24, 2.45) is 5.92 Å². The van der Waals surface area contributed by atoms with Crippen LogP contribution in [0.2, 0.25) is 0 Å². The number of aliphatic hydroxyl groups is 1. The normalized spacial score (nSPS) is 17.2. The fraction of sp³-hybridized carbons (Fsp3) is 0.650. The third-order valence-corrected chi connectivity index (χ3v) is 5.00. The number of nitrogens with zero attached hydrogens (tertiary/aromatic N) is 1. The fourth-order valence-corrected chi connectivity index (χ4v) is 3.27. The van der Waals surface area contributed by atoms with Gasteiger partial charge in [0.1, 0.15) is 0 Å². The average molecular weight is 348 g/mol. The number of aliphatic hydroxyl groups excluding tert-OH is 1. The number of hydrogen-bond donors (Lipinski definition) is 3. The van der Waals surface area contributed by atoms with E-state index in [-0.39, 0.29) is 18.7 Å². The second-order valence-corrected chi connectivity index (χ2v) is 7.32. The highest BCUT2D eigenvalue weighted by Gasteiger charge is 2.17. The van der Waals surface area contributed by atoms with E-state index in [2.05, 4.69) is 40.7 Å². The van der Waals surface area contributed by atoms with Crippen LogP contribution in [0.1, 0.15) is 50.7 Å². The lowest BCUT2D eigenvalue weighted by Crippen LogP contribution is -2.40. The predicted molar refractivity (Wildman–Crippen MR) is 101 cm³/mol. The van der Waals surface area contributed by atoms with Gasteiger partial charge in [0, 0.05) is 25.7 Å². The number of benzene rings is 1. The maximum Gasteiger partial charge on any atom is 0.315 e. The number of carbonyl (C=O) groups is 1. The highest BCUT2D eigenvalue weighted by molar-refractivity contribution is 5.74. The Hall–Kier alpha value is -1.59. The summed E-state index contributed by atoms with van der Waals surface area (Å²) >= 11 is 0. The Morgan fingerprint density at radius 1 is 1.28 bits per heavy atom. The molecule has 1 aliphatic heterocycles. The Balaban J connectivity index is 1.82. The van der Waals surface area contributed by atoms with Gasteiger partial charge in [-0.25, -0.2) is 4.79 Å². The first kappa shape index (κ1) is 19.7. The number of urea groups is 1. The first-order valence-corrected chi connectivity index (χ1v) is 9.53. The van der Waals surface area contributed by atoms with Crippen LogP contribution in [-0.4, -0.2) is 41.8 Å². The summed E-state index contributed by atoms with van der Waals surface area (Å²) in [6.07, 6.45) is 4.04. The minimum Gasteiger partial charge on any atom is -0.396 e. The van der Waals surface area contributed by atoms with Gasteiger partial charge in [0.15, 0.2) is 0 Å². The molecule has 3 N–H and O–H groups in total. The molecule has 0 radical (unpaired) electrons. The monoisotopic (exact) mass is 347 g/mol. The molecule has 1 aromatic rings. The molecule has 1 aromatic carbocycles. The van der Waals surface area contributed by atoms with Crippen LogP contribution in [-0.2, 0) is 13.1 Å². The van der Waals surface area contributed by atoms with Gasteiger partial charge in [-0.1, -0.05) is 31.2 Å². The van der Waals surface area contributed by atoms with Crippen molar-refractivity contribution in [2.75, 3.05) is 19.7 Å². The van der Waals surface area contributed by atoms with Gasteiger partial charge >= 0.3 is 6.03 Å². The Morgan fingerprint density at radius 3 is 2.64 bits per heavy atom. The number of carbonyl (C=O) groups excluding carboxylic acids is 1. The molecule has 1 fully saturated rings. The van der Waals surface area contributed by atoms with Crippen molar-refractivity contribution < 1.29 is 9.90 Å². The summed E-state index contributed by atoms with van der Waals surface area (Å²) in [7, 11) is 0. The molecule has 0 aliphatic carbocycles. The summed E-state index contributed by atoms with van der Waals surface area (Å²) in [5.74, 6) is 0.838. The van der Waals surface area contributed by atoms with Crippen molar-refractivity contribution in [3.63, 3.8) is 0 Å². The molecular formula is C20H33N3O2. The number of hydrogen-bond acceptors (Lipinski definition) is 3. The van der Waals surface area contributed by atoms with Gasteiger partial charge in [0.25, 0.3) is 0 Å². The van der Waals surface area contributed by atoms with Gasteiger partial charge in [0.2, 0.25) is 0 Å². The molecule has 2 rings (SSSR count). The molecule has 0 spiro atoms. The van der Waals surface area contributed by atoms with E-state index >= 15 is 0 Å². The second-order valence-electron chi connectivity index (χ2n) is 7.32. The number of piperidine rings is 1. The molecule has 140 valence electrons. The molecule has 1 unspecified atom stereocenters. The molecule has 5 nitrogen and oxygen atoms in total. The van der Waals surface area contributed by atoms with Crippen LogP contribution < -0.4 is 10.6 Å².